The van der Waals surface area contributed by atoms with Gasteiger partial charge in [-0.15, -0.1) is 11.3 Å². The molecule has 0 bridgehead atoms. The minimum Gasteiger partial charge on any atom is -0.508 e. The van der Waals surface area contributed by atoms with Crippen molar-refractivity contribution in [3.8, 4) is 33.4 Å². The minimum atomic E-state index is -0.380. The number of benzene rings is 3. The molecule has 0 spiro atoms. The number of phenols is 2. The number of carbonyl (C=O) groups excluding carboxylic acids is 1. The van der Waals surface area contributed by atoms with E-state index in [2.05, 4.69) is 0 Å². The number of fused-ring (bicyclic) bond motifs is 1. The number of carbonyl (C=O) groups is 1. The van der Waals surface area contributed by atoms with Crippen LogP contribution in [0.5, 0.6) is 23.0 Å². The second-order valence-electron chi connectivity index (χ2n) is 6.74. The molecule has 1 heterocycles. The second kappa shape index (κ2) is 8.93. The van der Waals surface area contributed by atoms with Crippen LogP contribution in [-0.2, 0) is 9.53 Å². The molecule has 0 aliphatic rings. The first kappa shape index (κ1) is 20.5. The molecular formula is C25H20O5S. The van der Waals surface area contributed by atoms with Gasteiger partial charge < -0.3 is 19.7 Å². The quantitative estimate of drug-likeness (QED) is 0.274. The molecule has 0 amide bonds. The number of aromatic hydroxyl groups is 2. The summed E-state index contributed by atoms with van der Waals surface area (Å²) >= 11 is 1.51. The highest BCUT2D eigenvalue weighted by atomic mass is 32.1. The third-order valence-corrected chi connectivity index (χ3v) is 5.74. The molecule has 0 unspecified atom stereocenters. The lowest BCUT2D eigenvalue weighted by Crippen LogP contribution is -1.98. The van der Waals surface area contributed by atoms with E-state index in [4.69, 9.17) is 9.47 Å². The lowest BCUT2D eigenvalue weighted by molar-refractivity contribution is -0.137. The Morgan fingerprint density at radius 2 is 1.68 bits per heavy atom. The van der Waals surface area contributed by atoms with Gasteiger partial charge in [-0.1, -0.05) is 12.1 Å². The summed E-state index contributed by atoms with van der Waals surface area (Å²) in [7, 11) is 0. The van der Waals surface area contributed by atoms with E-state index in [1.807, 2.05) is 42.5 Å². The van der Waals surface area contributed by atoms with Crippen molar-refractivity contribution in [2.45, 2.75) is 6.92 Å². The standard InChI is InChI=1S/C25H20O5S/c1-2-29-23(28)14-5-16-3-11-20(12-4-16)30-24-21-13-10-19(27)15-22(21)31-25(24)17-6-8-18(26)9-7-17/h3-15,26-27H,2H2,1H3/b14-5+. The Bertz CT molecular complexity index is 1240. The molecule has 1 aromatic heterocycles. The van der Waals surface area contributed by atoms with Crippen molar-refractivity contribution in [3.05, 3.63) is 78.4 Å². The summed E-state index contributed by atoms with van der Waals surface area (Å²) in [5, 5.41) is 20.4. The van der Waals surface area contributed by atoms with Crippen LogP contribution in [-0.4, -0.2) is 22.8 Å². The fourth-order valence-electron chi connectivity index (χ4n) is 3.09. The predicted octanol–water partition coefficient (Wildman–Crippen LogP) is 6.35. The van der Waals surface area contributed by atoms with Crippen LogP contribution < -0.4 is 4.74 Å². The van der Waals surface area contributed by atoms with Gasteiger partial charge in [0.25, 0.3) is 0 Å². The Labute approximate surface area is 183 Å². The minimum absolute atomic E-state index is 0.190. The predicted molar refractivity (Wildman–Crippen MR) is 123 cm³/mol. The average molecular weight is 432 g/mol. The molecule has 6 heteroatoms. The number of hydrogen-bond donors (Lipinski definition) is 2. The molecule has 3 aromatic carbocycles. The van der Waals surface area contributed by atoms with Crippen molar-refractivity contribution in [3.63, 3.8) is 0 Å². The first-order chi connectivity index (χ1) is 15.0. The highest BCUT2D eigenvalue weighted by Crippen LogP contribution is 2.47. The van der Waals surface area contributed by atoms with Crippen molar-refractivity contribution in [1.82, 2.24) is 0 Å². The average Bonchev–Trinajstić information content (AvgIpc) is 3.11. The van der Waals surface area contributed by atoms with E-state index in [-0.39, 0.29) is 17.5 Å². The molecule has 0 aliphatic heterocycles. The van der Waals surface area contributed by atoms with Crippen LogP contribution in [0.15, 0.2) is 72.8 Å². The molecule has 156 valence electrons. The number of ether oxygens (including phenoxy) is 2. The maximum atomic E-state index is 11.5. The van der Waals surface area contributed by atoms with Crippen LogP contribution in [0, 0.1) is 0 Å². The van der Waals surface area contributed by atoms with Crippen LogP contribution in [0.1, 0.15) is 12.5 Å². The molecule has 4 aromatic rings. The summed E-state index contributed by atoms with van der Waals surface area (Å²) in [6.45, 7) is 2.10. The van der Waals surface area contributed by atoms with Crippen LogP contribution >= 0.6 is 11.3 Å². The number of rotatable bonds is 6. The Morgan fingerprint density at radius 3 is 2.39 bits per heavy atom. The van der Waals surface area contributed by atoms with Gasteiger partial charge in [0, 0.05) is 16.2 Å². The third kappa shape index (κ3) is 4.70. The van der Waals surface area contributed by atoms with E-state index in [1.54, 1.807) is 37.3 Å². The maximum Gasteiger partial charge on any atom is 0.330 e. The Balaban J connectivity index is 1.66. The summed E-state index contributed by atoms with van der Waals surface area (Å²) in [4.78, 5) is 12.4. The normalized spacial score (nSPS) is 11.1. The summed E-state index contributed by atoms with van der Waals surface area (Å²) < 4.78 is 12.0. The van der Waals surface area contributed by atoms with Gasteiger partial charge in [-0.25, -0.2) is 4.79 Å². The molecule has 0 atom stereocenters. The summed E-state index contributed by atoms with van der Waals surface area (Å²) in [5.41, 5.74) is 1.75. The fraction of sp³-hybridized carbons (Fsp3) is 0.0800. The first-order valence-corrected chi connectivity index (χ1v) is 10.5. The Kier molecular flexibility index (Phi) is 5.91. The molecule has 0 saturated carbocycles. The van der Waals surface area contributed by atoms with Crippen LogP contribution in [0.25, 0.3) is 26.6 Å². The molecular weight excluding hydrogens is 412 g/mol. The number of hydrogen-bond acceptors (Lipinski definition) is 6. The topological polar surface area (TPSA) is 76.0 Å². The Hall–Kier alpha value is -3.77. The van der Waals surface area contributed by atoms with E-state index in [0.717, 1.165) is 26.1 Å². The van der Waals surface area contributed by atoms with Crippen molar-refractivity contribution in [2.24, 2.45) is 0 Å². The largest absolute Gasteiger partial charge is 0.508 e. The van der Waals surface area contributed by atoms with Crippen molar-refractivity contribution >= 4 is 33.5 Å². The molecule has 5 nitrogen and oxygen atoms in total. The second-order valence-corrected chi connectivity index (χ2v) is 7.80. The van der Waals surface area contributed by atoms with E-state index < -0.39 is 0 Å². The summed E-state index contributed by atoms with van der Waals surface area (Å²) in [6.07, 6.45) is 3.08. The van der Waals surface area contributed by atoms with Crippen molar-refractivity contribution in [1.29, 1.82) is 0 Å². The first-order valence-electron chi connectivity index (χ1n) is 9.71. The zero-order valence-corrected chi connectivity index (χ0v) is 17.6. The van der Waals surface area contributed by atoms with E-state index in [1.165, 1.54) is 17.4 Å². The maximum absolute atomic E-state index is 11.5. The van der Waals surface area contributed by atoms with Gasteiger partial charge >= 0.3 is 5.97 Å². The molecule has 0 saturated heterocycles. The monoisotopic (exact) mass is 432 g/mol. The zero-order valence-electron chi connectivity index (χ0n) is 16.7. The van der Waals surface area contributed by atoms with E-state index in [9.17, 15) is 15.0 Å². The highest BCUT2D eigenvalue weighted by molar-refractivity contribution is 7.22. The Morgan fingerprint density at radius 1 is 0.968 bits per heavy atom. The van der Waals surface area contributed by atoms with Gasteiger partial charge in [-0.05, 0) is 78.7 Å². The zero-order chi connectivity index (χ0) is 21.8. The summed E-state index contributed by atoms with van der Waals surface area (Å²) in [5.74, 6) is 1.32. The number of phenolic OH excluding ortho intramolecular Hbond substituents is 2. The molecule has 0 aliphatic carbocycles. The van der Waals surface area contributed by atoms with Gasteiger partial charge in [-0.2, -0.15) is 0 Å². The molecule has 0 radical (unpaired) electrons. The van der Waals surface area contributed by atoms with Crippen LogP contribution in [0.3, 0.4) is 0 Å². The lowest BCUT2D eigenvalue weighted by Gasteiger charge is -2.09. The van der Waals surface area contributed by atoms with Crippen molar-refractivity contribution in [2.75, 3.05) is 6.61 Å². The van der Waals surface area contributed by atoms with E-state index >= 15 is 0 Å². The SMILES string of the molecule is CCOC(=O)/C=C/c1ccc(Oc2c(-c3ccc(O)cc3)sc3cc(O)ccc23)cc1. The molecule has 31 heavy (non-hydrogen) atoms. The lowest BCUT2D eigenvalue weighted by atomic mass is 10.1. The van der Waals surface area contributed by atoms with E-state index in [0.29, 0.717) is 18.1 Å². The number of esters is 1. The van der Waals surface area contributed by atoms with Crippen molar-refractivity contribution < 1.29 is 24.5 Å². The number of thiophene rings is 1. The van der Waals surface area contributed by atoms with Crippen LogP contribution in [0.2, 0.25) is 0 Å². The van der Waals surface area contributed by atoms with Gasteiger partial charge in [0.05, 0.1) is 11.5 Å². The van der Waals surface area contributed by atoms with Gasteiger partial charge in [0.15, 0.2) is 5.75 Å². The molecule has 2 N–H and O–H groups in total. The van der Waals surface area contributed by atoms with Gasteiger partial charge in [0.1, 0.15) is 17.2 Å². The van der Waals surface area contributed by atoms with Gasteiger partial charge in [0.2, 0.25) is 0 Å². The van der Waals surface area contributed by atoms with Gasteiger partial charge in [-0.3, -0.25) is 0 Å². The molecule has 4 rings (SSSR count). The third-order valence-electron chi connectivity index (χ3n) is 4.56. The van der Waals surface area contributed by atoms with Crippen LogP contribution in [0.4, 0.5) is 0 Å². The summed E-state index contributed by atoms with van der Waals surface area (Å²) in [6, 6.07) is 19.5. The fourth-order valence-corrected chi connectivity index (χ4v) is 4.25. The molecule has 0 fully saturated rings. The highest BCUT2D eigenvalue weighted by Gasteiger charge is 2.17. The smallest absolute Gasteiger partial charge is 0.330 e.